The largest absolute Gasteiger partial charge is 0.361 e. The Kier molecular flexibility index (Phi) is 5.29. The smallest absolute Gasteiger partial charge is 0.273 e. The lowest BCUT2D eigenvalue weighted by molar-refractivity contribution is 0.0881. The first kappa shape index (κ1) is 17.7. The van der Waals surface area contributed by atoms with E-state index in [2.05, 4.69) is 30.9 Å². The molecule has 1 saturated heterocycles. The second-order valence-corrected chi connectivity index (χ2v) is 8.96. The standard InChI is InChI=1S/C16H24N2O4S/c1-4-5-16(6-8-23(20,21)9-7-16)17-15(19)14-11-13(22-18-14)10-12(2)3/h4,11-12H,1,5-10H2,2-3H3,(H,17,19). The molecule has 2 heterocycles. The minimum atomic E-state index is -3.00. The summed E-state index contributed by atoms with van der Waals surface area (Å²) in [6.45, 7) is 7.84. The number of aromatic nitrogens is 1. The number of rotatable bonds is 6. The van der Waals surface area contributed by atoms with Gasteiger partial charge in [-0.3, -0.25) is 4.79 Å². The summed E-state index contributed by atoms with van der Waals surface area (Å²) in [5, 5.41) is 6.78. The van der Waals surface area contributed by atoms with Crippen LogP contribution in [0.15, 0.2) is 23.2 Å². The first-order valence-electron chi connectivity index (χ1n) is 7.85. The van der Waals surface area contributed by atoms with Crippen LogP contribution in [0.1, 0.15) is 49.4 Å². The van der Waals surface area contributed by atoms with Crippen LogP contribution in [0, 0.1) is 5.92 Å². The van der Waals surface area contributed by atoms with Crippen LogP contribution < -0.4 is 5.32 Å². The summed E-state index contributed by atoms with van der Waals surface area (Å²) in [6, 6.07) is 1.65. The van der Waals surface area contributed by atoms with Crippen molar-refractivity contribution in [3.05, 3.63) is 30.2 Å². The SMILES string of the molecule is C=CCC1(NC(=O)c2cc(CC(C)C)on2)CCS(=O)(=O)CC1. The second-order valence-electron chi connectivity index (χ2n) is 6.66. The molecule has 0 saturated carbocycles. The Morgan fingerprint density at radius 2 is 2.13 bits per heavy atom. The first-order chi connectivity index (χ1) is 10.8. The van der Waals surface area contributed by atoms with Gasteiger partial charge in [0.2, 0.25) is 0 Å². The van der Waals surface area contributed by atoms with Crippen molar-refractivity contribution in [2.24, 2.45) is 5.92 Å². The molecule has 0 bridgehead atoms. The molecule has 0 aromatic carbocycles. The Morgan fingerprint density at radius 1 is 1.48 bits per heavy atom. The van der Waals surface area contributed by atoms with Crippen molar-refractivity contribution >= 4 is 15.7 Å². The zero-order valence-corrected chi connectivity index (χ0v) is 14.5. The molecular weight excluding hydrogens is 316 g/mol. The Balaban J connectivity index is 2.09. The molecule has 0 radical (unpaired) electrons. The van der Waals surface area contributed by atoms with Gasteiger partial charge in [0.15, 0.2) is 5.69 Å². The number of hydrogen-bond donors (Lipinski definition) is 1. The average Bonchev–Trinajstić information content (AvgIpc) is 2.90. The second kappa shape index (κ2) is 6.86. The van der Waals surface area contributed by atoms with Crippen molar-refractivity contribution in [2.45, 2.75) is 45.1 Å². The quantitative estimate of drug-likeness (QED) is 0.801. The van der Waals surface area contributed by atoms with E-state index < -0.39 is 15.4 Å². The third-order valence-corrected chi connectivity index (χ3v) is 5.75. The predicted octanol–water partition coefficient (Wildman–Crippen LogP) is 2.13. The van der Waals surface area contributed by atoms with E-state index in [1.807, 2.05) is 0 Å². The summed E-state index contributed by atoms with van der Waals surface area (Å²) >= 11 is 0. The van der Waals surface area contributed by atoms with Crippen LogP contribution in [-0.4, -0.2) is 36.5 Å². The van der Waals surface area contributed by atoms with Gasteiger partial charge in [0, 0.05) is 18.0 Å². The lowest BCUT2D eigenvalue weighted by Gasteiger charge is -2.37. The summed E-state index contributed by atoms with van der Waals surface area (Å²) in [6.07, 6.45) is 3.75. The van der Waals surface area contributed by atoms with E-state index in [1.54, 1.807) is 12.1 Å². The van der Waals surface area contributed by atoms with Crippen molar-refractivity contribution in [3.8, 4) is 0 Å². The van der Waals surface area contributed by atoms with Crippen molar-refractivity contribution in [3.63, 3.8) is 0 Å². The van der Waals surface area contributed by atoms with Gasteiger partial charge in [-0.25, -0.2) is 8.42 Å². The van der Waals surface area contributed by atoms with Gasteiger partial charge in [-0.05, 0) is 25.2 Å². The summed E-state index contributed by atoms with van der Waals surface area (Å²) in [5.74, 6) is 0.922. The van der Waals surface area contributed by atoms with Gasteiger partial charge in [-0.15, -0.1) is 6.58 Å². The first-order valence-corrected chi connectivity index (χ1v) is 9.67. The van der Waals surface area contributed by atoms with Crippen LogP contribution in [0.2, 0.25) is 0 Å². The number of amides is 1. The number of sulfone groups is 1. The number of nitrogens with one attached hydrogen (secondary N) is 1. The molecule has 1 fully saturated rings. The third-order valence-electron chi connectivity index (χ3n) is 4.10. The highest BCUT2D eigenvalue weighted by atomic mass is 32.2. The molecule has 0 aliphatic carbocycles. The summed E-state index contributed by atoms with van der Waals surface area (Å²) < 4.78 is 28.5. The van der Waals surface area contributed by atoms with Crippen molar-refractivity contribution < 1.29 is 17.7 Å². The lowest BCUT2D eigenvalue weighted by atomic mass is 9.88. The molecule has 1 N–H and O–H groups in total. The molecule has 1 aliphatic rings. The highest BCUT2D eigenvalue weighted by molar-refractivity contribution is 7.91. The minimum Gasteiger partial charge on any atom is -0.361 e. The molecule has 0 atom stereocenters. The van der Waals surface area contributed by atoms with Gasteiger partial charge in [0.25, 0.3) is 5.91 Å². The van der Waals surface area contributed by atoms with Gasteiger partial charge < -0.3 is 9.84 Å². The van der Waals surface area contributed by atoms with Crippen molar-refractivity contribution in [1.82, 2.24) is 10.5 Å². The van der Waals surface area contributed by atoms with E-state index in [-0.39, 0.29) is 23.1 Å². The van der Waals surface area contributed by atoms with E-state index in [1.165, 1.54) is 0 Å². The monoisotopic (exact) mass is 340 g/mol. The topological polar surface area (TPSA) is 89.3 Å². The molecule has 23 heavy (non-hydrogen) atoms. The summed E-state index contributed by atoms with van der Waals surface area (Å²) in [4.78, 5) is 12.4. The Hall–Kier alpha value is -1.63. The van der Waals surface area contributed by atoms with Crippen LogP contribution in [0.25, 0.3) is 0 Å². The molecule has 0 unspecified atom stereocenters. The van der Waals surface area contributed by atoms with Gasteiger partial charge >= 0.3 is 0 Å². The normalized spacial score (nSPS) is 19.4. The number of nitrogens with zero attached hydrogens (tertiary/aromatic N) is 1. The van der Waals surface area contributed by atoms with E-state index >= 15 is 0 Å². The third kappa shape index (κ3) is 4.67. The predicted molar refractivity (Wildman–Crippen MR) is 87.9 cm³/mol. The van der Waals surface area contributed by atoms with E-state index in [4.69, 9.17) is 4.52 Å². The van der Waals surface area contributed by atoms with Crippen molar-refractivity contribution in [1.29, 1.82) is 0 Å². The van der Waals surface area contributed by atoms with E-state index in [0.29, 0.717) is 30.9 Å². The molecule has 0 spiro atoms. The fraction of sp³-hybridized carbons (Fsp3) is 0.625. The van der Waals surface area contributed by atoms with E-state index in [9.17, 15) is 13.2 Å². The Morgan fingerprint density at radius 3 is 2.70 bits per heavy atom. The number of hydrogen-bond acceptors (Lipinski definition) is 5. The fourth-order valence-corrected chi connectivity index (χ4v) is 4.42. The molecule has 7 heteroatoms. The Labute approximate surface area is 137 Å². The highest BCUT2D eigenvalue weighted by Crippen LogP contribution is 2.28. The van der Waals surface area contributed by atoms with Crippen LogP contribution in [0.4, 0.5) is 0 Å². The van der Waals surface area contributed by atoms with Crippen LogP contribution in [0.3, 0.4) is 0 Å². The average molecular weight is 340 g/mol. The van der Waals surface area contributed by atoms with Crippen LogP contribution in [0.5, 0.6) is 0 Å². The maximum Gasteiger partial charge on any atom is 0.273 e. The summed E-state index contributed by atoms with van der Waals surface area (Å²) in [5.41, 5.74) is -0.334. The number of carbonyl (C=O) groups is 1. The fourth-order valence-electron chi connectivity index (χ4n) is 2.81. The minimum absolute atomic E-state index is 0.0819. The molecule has 128 valence electrons. The zero-order chi connectivity index (χ0) is 17.1. The molecule has 1 aliphatic heterocycles. The van der Waals surface area contributed by atoms with Gasteiger partial charge in [0.05, 0.1) is 11.5 Å². The molecule has 1 aromatic heterocycles. The van der Waals surface area contributed by atoms with Gasteiger partial charge in [0.1, 0.15) is 15.6 Å². The number of carbonyl (C=O) groups excluding carboxylic acids is 1. The molecule has 1 aromatic rings. The van der Waals surface area contributed by atoms with Gasteiger partial charge in [-0.1, -0.05) is 25.1 Å². The highest BCUT2D eigenvalue weighted by Gasteiger charge is 2.38. The maximum atomic E-state index is 12.4. The zero-order valence-electron chi connectivity index (χ0n) is 13.7. The molecule has 2 rings (SSSR count). The maximum absolute atomic E-state index is 12.4. The van der Waals surface area contributed by atoms with Crippen molar-refractivity contribution in [2.75, 3.05) is 11.5 Å². The molecule has 6 nitrogen and oxygen atoms in total. The molecular formula is C16H24N2O4S. The van der Waals surface area contributed by atoms with Crippen LogP contribution >= 0.6 is 0 Å². The molecule has 1 amide bonds. The Bertz CT molecular complexity index is 662. The lowest BCUT2D eigenvalue weighted by Crippen LogP contribution is -2.53. The van der Waals surface area contributed by atoms with E-state index in [0.717, 1.165) is 6.42 Å². The van der Waals surface area contributed by atoms with Crippen LogP contribution in [-0.2, 0) is 16.3 Å². The van der Waals surface area contributed by atoms with Gasteiger partial charge in [-0.2, -0.15) is 0 Å². The summed E-state index contributed by atoms with van der Waals surface area (Å²) in [7, 11) is -3.00.